The van der Waals surface area contributed by atoms with E-state index in [0.717, 1.165) is 12.8 Å². The van der Waals surface area contributed by atoms with Gasteiger partial charge in [-0.1, -0.05) is 19.3 Å². The highest BCUT2D eigenvalue weighted by atomic mass is 32.2. The van der Waals surface area contributed by atoms with Crippen LogP contribution in [0.5, 0.6) is 0 Å². The minimum Gasteiger partial charge on any atom is -0.325 e. The van der Waals surface area contributed by atoms with Gasteiger partial charge in [-0.25, -0.2) is 13.2 Å². The first-order valence-corrected chi connectivity index (χ1v) is 8.93. The van der Waals surface area contributed by atoms with Gasteiger partial charge in [-0.05, 0) is 19.3 Å². The third-order valence-corrected chi connectivity index (χ3v) is 6.23. The van der Waals surface area contributed by atoms with Crippen LogP contribution >= 0.6 is 0 Å². The van der Waals surface area contributed by atoms with Crippen LogP contribution in [0.2, 0.25) is 0 Å². The third kappa shape index (κ3) is 3.41. The lowest BCUT2D eigenvalue weighted by molar-refractivity contribution is 0.132. The van der Waals surface area contributed by atoms with Crippen molar-refractivity contribution in [3.63, 3.8) is 0 Å². The van der Waals surface area contributed by atoms with E-state index < -0.39 is 9.84 Å². The molecule has 0 aromatic rings. The largest absolute Gasteiger partial charge is 0.325 e. The summed E-state index contributed by atoms with van der Waals surface area (Å²) in [6.07, 6.45) is 6.34. The number of hydrogen-bond donors (Lipinski definition) is 0. The molecule has 0 aromatic carbocycles. The lowest BCUT2D eigenvalue weighted by Crippen LogP contribution is -2.49. The molecule has 1 aliphatic carbocycles. The van der Waals surface area contributed by atoms with Crippen LogP contribution < -0.4 is 0 Å². The molecule has 2 fully saturated rings. The Hall–Kier alpha value is -0.780. The van der Waals surface area contributed by atoms with Gasteiger partial charge in [0.05, 0.1) is 11.5 Å². The molecular formula is C13H24N2O3S. The molecule has 0 radical (unpaired) electrons. The normalized spacial score (nSPS) is 27.2. The number of carbonyl (C=O) groups is 1. The van der Waals surface area contributed by atoms with Crippen LogP contribution in [0.15, 0.2) is 0 Å². The number of amides is 2. The number of nitrogens with zero attached hydrogens (tertiary/aromatic N) is 2. The Bertz CT molecular complexity index is 429. The number of urea groups is 1. The predicted octanol–water partition coefficient (Wildman–Crippen LogP) is 1.49. The van der Waals surface area contributed by atoms with E-state index in [9.17, 15) is 13.2 Å². The van der Waals surface area contributed by atoms with Gasteiger partial charge in [0.2, 0.25) is 0 Å². The van der Waals surface area contributed by atoms with Crippen LogP contribution in [0, 0.1) is 0 Å². The zero-order valence-corrected chi connectivity index (χ0v) is 12.7. The van der Waals surface area contributed by atoms with Gasteiger partial charge in [0.1, 0.15) is 0 Å². The molecule has 0 N–H and O–H groups in total. The molecule has 1 heterocycles. The van der Waals surface area contributed by atoms with Crippen LogP contribution in [0.3, 0.4) is 0 Å². The van der Waals surface area contributed by atoms with Crippen molar-refractivity contribution >= 4 is 15.9 Å². The molecule has 2 aliphatic rings. The Labute approximate surface area is 115 Å². The van der Waals surface area contributed by atoms with Crippen molar-refractivity contribution in [3.05, 3.63) is 0 Å². The van der Waals surface area contributed by atoms with Crippen LogP contribution in [-0.4, -0.2) is 61.9 Å². The van der Waals surface area contributed by atoms with Gasteiger partial charge < -0.3 is 9.80 Å². The van der Waals surface area contributed by atoms with Crippen molar-refractivity contribution in [1.82, 2.24) is 9.80 Å². The van der Waals surface area contributed by atoms with Crippen molar-refractivity contribution in [2.75, 3.05) is 25.6 Å². The van der Waals surface area contributed by atoms with Crippen molar-refractivity contribution in [1.29, 1.82) is 0 Å². The molecule has 0 bridgehead atoms. The molecule has 110 valence electrons. The fourth-order valence-corrected chi connectivity index (χ4v) is 4.88. The fraction of sp³-hybridized carbons (Fsp3) is 0.923. The van der Waals surface area contributed by atoms with Gasteiger partial charge in [0.15, 0.2) is 9.84 Å². The Kier molecular flexibility index (Phi) is 4.38. The van der Waals surface area contributed by atoms with Gasteiger partial charge >= 0.3 is 6.03 Å². The highest BCUT2D eigenvalue weighted by molar-refractivity contribution is 7.91. The van der Waals surface area contributed by atoms with E-state index in [-0.39, 0.29) is 23.6 Å². The molecule has 6 heteroatoms. The lowest BCUT2D eigenvalue weighted by Gasteiger charge is -2.35. The molecule has 1 saturated carbocycles. The summed E-state index contributed by atoms with van der Waals surface area (Å²) in [5.41, 5.74) is 0. The molecule has 2 amide bonds. The summed E-state index contributed by atoms with van der Waals surface area (Å²) in [6.45, 7) is 0. The minimum absolute atomic E-state index is 0.0333. The second-order valence-electron chi connectivity index (χ2n) is 5.85. The van der Waals surface area contributed by atoms with Crippen LogP contribution in [0.1, 0.15) is 38.5 Å². The Morgan fingerprint density at radius 1 is 0.947 bits per heavy atom. The maximum absolute atomic E-state index is 12.4. The van der Waals surface area contributed by atoms with E-state index in [2.05, 4.69) is 0 Å². The molecule has 0 spiro atoms. The molecule has 1 atom stereocenters. The summed E-state index contributed by atoms with van der Waals surface area (Å²) in [6, 6.07) is 0.138. The SMILES string of the molecule is CN(C(=O)N(C)C1CCS(=O)(=O)C1)C1CCCCC1. The van der Waals surface area contributed by atoms with E-state index in [0.29, 0.717) is 12.5 Å². The summed E-state index contributed by atoms with van der Waals surface area (Å²) in [5, 5.41) is 0. The van der Waals surface area contributed by atoms with Crippen molar-refractivity contribution in [3.8, 4) is 0 Å². The summed E-state index contributed by atoms with van der Waals surface area (Å²) in [4.78, 5) is 15.8. The predicted molar refractivity (Wildman–Crippen MR) is 74.9 cm³/mol. The van der Waals surface area contributed by atoms with Gasteiger partial charge in [-0.2, -0.15) is 0 Å². The van der Waals surface area contributed by atoms with Crippen molar-refractivity contribution in [2.24, 2.45) is 0 Å². The average molecular weight is 288 g/mol. The zero-order chi connectivity index (χ0) is 14.0. The van der Waals surface area contributed by atoms with E-state index in [1.54, 1.807) is 11.9 Å². The van der Waals surface area contributed by atoms with Crippen LogP contribution in [0.4, 0.5) is 4.79 Å². The van der Waals surface area contributed by atoms with Gasteiger partial charge in [-0.3, -0.25) is 0 Å². The van der Waals surface area contributed by atoms with Crippen molar-refractivity contribution < 1.29 is 13.2 Å². The Balaban J connectivity index is 1.94. The van der Waals surface area contributed by atoms with Crippen LogP contribution in [-0.2, 0) is 9.84 Å². The first kappa shape index (κ1) is 14.6. The first-order valence-electron chi connectivity index (χ1n) is 7.11. The first-order chi connectivity index (χ1) is 8.91. The summed E-state index contributed by atoms with van der Waals surface area (Å²) in [5.74, 6) is 0.330. The zero-order valence-electron chi connectivity index (χ0n) is 11.8. The molecule has 1 unspecified atom stereocenters. The van der Waals surface area contributed by atoms with E-state index in [1.807, 2.05) is 11.9 Å². The monoisotopic (exact) mass is 288 g/mol. The van der Waals surface area contributed by atoms with E-state index in [4.69, 9.17) is 0 Å². The van der Waals surface area contributed by atoms with Crippen LogP contribution in [0.25, 0.3) is 0 Å². The van der Waals surface area contributed by atoms with Gasteiger partial charge in [0, 0.05) is 26.2 Å². The smallest absolute Gasteiger partial charge is 0.320 e. The number of rotatable bonds is 2. The van der Waals surface area contributed by atoms with E-state index >= 15 is 0 Å². The molecule has 2 rings (SSSR count). The minimum atomic E-state index is -2.94. The van der Waals surface area contributed by atoms with Gasteiger partial charge in [0.25, 0.3) is 0 Å². The molecule has 1 saturated heterocycles. The summed E-state index contributed by atoms with van der Waals surface area (Å²) >= 11 is 0. The number of hydrogen-bond acceptors (Lipinski definition) is 3. The second kappa shape index (κ2) is 5.69. The molecule has 1 aliphatic heterocycles. The maximum Gasteiger partial charge on any atom is 0.320 e. The summed E-state index contributed by atoms with van der Waals surface area (Å²) in [7, 11) is 0.638. The molecule has 5 nitrogen and oxygen atoms in total. The Morgan fingerprint density at radius 3 is 2.05 bits per heavy atom. The van der Waals surface area contributed by atoms with Gasteiger partial charge in [-0.15, -0.1) is 0 Å². The number of carbonyl (C=O) groups excluding carboxylic acids is 1. The lowest BCUT2D eigenvalue weighted by atomic mass is 9.95. The average Bonchev–Trinajstić information content (AvgIpc) is 2.77. The fourth-order valence-electron chi connectivity index (χ4n) is 3.11. The highest BCUT2D eigenvalue weighted by Gasteiger charge is 2.35. The summed E-state index contributed by atoms with van der Waals surface area (Å²) < 4.78 is 23.0. The molecule has 0 aromatic heterocycles. The Morgan fingerprint density at radius 2 is 1.53 bits per heavy atom. The molecule has 19 heavy (non-hydrogen) atoms. The second-order valence-corrected chi connectivity index (χ2v) is 8.08. The highest BCUT2D eigenvalue weighted by Crippen LogP contribution is 2.24. The topological polar surface area (TPSA) is 57.7 Å². The third-order valence-electron chi connectivity index (χ3n) is 4.48. The standard InChI is InChI=1S/C13H24N2O3S/c1-14(11-6-4-3-5-7-11)13(16)15(2)12-8-9-19(17,18)10-12/h11-12H,3-10H2,1-2H3. The molecular weight excluding hydrogens is 264 g/mol. The maximum atomic E-state index is 12.4. The van der Waals surface area contributed by atoms with Crippen molar-refractivity contribution in [2.45, 2.75) is 50.6 Å². The quantitative estimate of drug-likeness (QED) is 0.773. The van der Waals surface area contributed by atoms with E-state index in [1.165, 1.54) is 19.3 Å². The number of sulfone groups is 1.